The van der Waals surface area contributed by atoms with Gasteiger partial charge in [0, 0.05) is 12.3 Å². The third kappa shape index (κ3) is 2.65. The van der Waals surface area contributed by atoms with Crippen LogP contribution in [0, 0.1) is 12.8 Å². The highest BCUT2D eigenvalue weighted by Crippen LogP contribution is 2.20. The fourth-order valence-corrected chi connectivity index (χ4v) is 2.29. The monoisotopic (exact) mass is 248 g/mol. The highest BCUT2D eigenvalue weighted by atomic mass is 32.1. The molecule has 92 valence electrons. The Balaban J connectivity index is 2.43. The molecule has 0 saturated carbocycles. The molecule has 0 N–H and O–H groups in total. The summed E-state index contributed by atoms with van der Waals surface area (Å²) in [7, 11) is 0. The van der Waals surface area contributed by atoms with Crippen molar-refractivity contribution in [3.05, 3.63) is 29.6 Å². The summed E-state index contributed by atoms with van der Waals surface area (Å²) in [6, 6.07) is 6.47. The van der Waals surface area contributed by atoms with E-state index in [2.05, 4.69) is 61.2 Å². The Bertz CT molecular complexity index is 514. The summed E-state index contributed by atoms with van der Waals surface area (Å²) in [6.45, 7) is 7.65. The van der Waals surface area contributed by atoms with Gasteiger partial charge in [0.25, 0.3) is 0 Å². The molecule has 1 aromatic carbocycles. The zero-order valence-electron chi connectivity index (χ0n) is 10.8. The molecule has 0 spiro atoms. The number of fused-ring (bicyclic) bond motifs is 1. The van der Waals surface area contributed by atoms with Crippen molar-refractivity contribution in [2.45, 2.75) is 39.5 Å². The summed E-state index contributed by atoms with van der Waals surface area (Å²) >= 11 is 4.38. The van der Waals surface area contributed by atoms with Crippen LogP contribution in [0.1, 0.15) is 31.7 Å². The highest BCUT2D eigenvalue weighted by Gasteiger charge is 2.09. The number of hydrogen-bond donors (Lipinski definition) is 1. The fraction of sp³-hybridized carbons (Fsp3) is 0.500. The lowest BCUT2D eigenvalue weighted by atomic mass is 10.1. The van der Waals surface area contributed by atoms with Crippen molar-refractivity contribution in [1.29, 1.82) is 0 Å². The zero-order valence-corrected chi connectivity index (χ0v) is 11.7. The van der Waals surface area contributed by atoms with Gasteiger partial charge in [-0.3, -0.25) is 0 Å². The number of nitrogens with zero attached hydrogens (tertiary/aromatic N) is 2. The van der Waals surface area contributed by atoms with Gasteiger partial charge in [-0.2, -0.15) is 12.6 Å². The van der Waals surface area contributed by atoms with Gasteiger partial charge in [0.05, 0.1) is 11.0 Å². The van der Waals surface area contributed by atoms with Crippen LogP contribution in [0.4, 0.5) is 0 Å². The van der Waals surface area contributed by atoms with Crippen LogP contribution >= 0.6 is 12.6 Å². The Kier molecular flexibility index (Phi) is 3.77. The Hall–Kier alpha value is -0.960. The molecule has 0 amide bonds. The maximum atomic E-state index is 4.66. The van der Waals surface area contributed by atoms with Crippen LogP contribution in [0.2, 0.25) is 0 Å². The SMILES string of the molecule is Cc1ccc2c(c1)nc(CS)n2CCC(C)C. The van der Waals surface area contributed by atoms with Crippen LogP contribution in [-0.4, -0.2) is 9.55 Å². The molecular formula is C14H20N2S. The van der Waals surface area contributed by atoms with Crippen LogP contribution in [0.15, 0.2) is 18.2 Å². The molecule has 0 aliphatic carbocycles. The minimum atomic E-state index is 0.700. The summed E-state index contributed by atoms with van der Waals surface area (Å²) in [5, 5.41) is 0. The van der Waals surface area contributed by atoms with Crippen LogP contribution in [0.25, 0.3) is 11.0 Å². The molecule has 1 heterocycles. The van der Waals surface area contributed by atoms with E-state index in [0.717, 1.165) is 17.9 Å². The maximum absolute atomic E-state index is 4.66. The number of aryl methyl sites for hydroxylation is 2. The van der Waals surface area contributed by atoms with Crippen LogP contribution in [-0.2, 0) is 12.3 Å². The van der Waals surface area contributed by atoms with Crippen LogP contribution in [0.5, 0.6) is 0 Å². The molecule has 0 saturated heterocycles. The number of aromatic nitrogens is 2. The van der Waals surface area contributed by atoms with Gasteiger partial charge < -0.3 is 4.57 Å². The maximum Gasteiger partial charge on any atom is 0.119 e. The lowest BCUT2D eigenvalue weighted by Gasteiger charge is -2.09. The standard InChI is InChI=1S/C14H20N2S/c1-10(2)6-7-16-13-5-4-11(3)8-12(13)15-14(16)9-17/h4-5,8,10,17H,6-7,9H2,1-3H3. The first kappa shape index (κ1) is 12.5. The van der Waals surface area contributed by atoms with E-state index in [4.69, 9.17) is 0 Å². The first-order valence-electron chi connectivity index (χ1n) is 6.18. The molecule has 0 aliphatic rings. The van der Waals surface area contributed by atoms with Gasteiger partial charge in [0.1, 0.15) is 5.82 Å². The molecule has 2 nitrogen and oxygen atoms in total. The van der Waals surface area contributed by atoms with Crippen molar-refractivity contribution in [3.63, 3.8) is 0 Å². The van der Waals surface area contributed by atoms with E-state index in [1.165, 1.54) is 17.5 Å². The molecule has 0 radical (unpaired) electrons. The van der Waals surface area contributed by atoms with Gasteiger partial charge in [0.15, 0.2) is 0 Å². The topological polar surface area (TPSA) is 17.8 Å². The first-order chi connectivity index (χ1) is 8.11. The van der Waals surface area contributed by atoms with Crippen molar-refractivity contribution >= 4 is 23.7 Å². The first-order valence-corrected chi connectivity index (χ1v) is 6.81. The predicted molar refractivity (Wildman–Crippen MR) is 76.6 cm³/mol. The Labute approximate surface area is 108 Å². The number of rotatable bonds is 4. The second-order valence-corrected chi connectivity index (χ2v) is 5.33. The van der Waals surface area contributed by atoms with E-state index in [-0.39, 0.29) is 0 Å². The van der Waals surface area contributed by atoms with Crippen molar-refractivity contribution in [2.24, 2.45) is 5.92 Å². The Morgan fingerprint density at radius 2 is 2.12 bits per heavy atom. The minimum Gasteiger partial charge on any atom is -0.327 e. The van der Waals surface area contributed by atoms with E-state index >= 15 is 0 Å². The molecule has 0 fully saturated rings. The number of benzene rings is 1. The molecule has 0 bridgehead atoms. The summed E-state index contributed by atoms with van der Waals surface area (Å²) in [6.07, 6.45) is 1.18. The normalized spacial score (nSPS) is 11.6. The van der Waals surface area contributed by atoms with Crippen LogP contribution in [0.3, 0.4) is 0 Å². The molecule has 0 atom stereocenters. The third-order valence-corrected chi connectivity index (χ3v) is 3.34. The van der Waals surface area contributed by atoms with E-state index in [9.17, 15) is 0 Å². The van der Waals surface area contributed by atoms with Gasteiger partial charge in [-0.15, -0.1) is 0 Å². The summed E-state index contributed by atoms with van der Waals surface area (Å²) in [5.41, 5.74) is 3.59. The molecule has 3 heteroatoms. The van der Waals surface area contributed by atoms with E-state index in [1.807, 2.05) is 0 Å². The van der Waals surface area contributed by atoms with E-state index < -0.39 is 0 Å². The second kappa shape index (κ2) is 5.13. The average molecular weight is 248 g/mol. The zero-order chi connectivity index (χ0) is 12.4. The largest absolute Gasteiger partial charge is 0.327 e. The highest BCUT2D eigenvalue weighted by molar-refractivity contribution is 7.79. The van der Waals surface area contributed by atoms with Gasteiger partial charge in [-0.1, -0.05) is 19.9 Å². The molecule has 1 aromatic heterocycles. The van der Waals surface area contributed by atoms with E-state index in [1.54, 1.807) is 0 Å². The van der Waals surface area contributed by atoms with Crippen molar-refractivity contribution in [1.82, 2.24) is 9.55 Å². The average Bonchev–Trinajstić information content (AvgIpc) is 2.63. The summed E-state index contributed by atoms with van der Waals surface area (Å²) in [4.78, 5) is 4.66. The van der Waals surface area contributed by atoms with Gasteiger partial charge >= 0.3 is 0 Å². The number of imidazole rings is 1. The predicted octanol–water partition coefficient (Wildman–Crippen LogP) is 3.82. The molecular weight excluding hydrogens is 228 g/mol. The van der Waals surface area contributed by atoms with E-state index in [0.29, 0.717) is 11.7 Å². The number of hydrogen-bond acceptors (Lipinski definition) is 2. The lowest BCUT2D eigenvalue weighted by Crippen LogP contribution is -2.05. The molecule has 0 aliphatic heterocycles. The number of thiol groups is 1. The molecule has 17 heavy (non-hydrogen) atoms. The summed E-state index contributed by atoms with van der Waals surface area (Å²) in [5.74, 6) is 2.49. The Morgan fingerprint density at radius 1 is 1.35 bits per heavy atom. The Morgan fingerprint density at radius 3 is 2.76 bits per heavy atom. The van der Waals surface area contributed by atoms with Crippen molar-refractivity contribution in [2.75, 3.05) is 0 Å². The lowest BCUT2D eigenvalue weighted by molar-refractivity contribution is 0.516. The third-order valence-electron chi connectivity index (χ3n) is 3.05. The van der Waals surface area contributed by atoms with Gasteiger partial charge in [0.2, 0.25) is 0 Å². The smallest absolute Gasteiger partial charge is 0.119 e. The summed E-state index contributed by atoms with van der Waals surface area (Å²) < 4.78 is 2.31. The molecule has 2 rings (SSSR count). The minimum absolute atomic E-state index is 0.700. The van der Waals surface area contributed by atoms with Crippen LogP contribution < -0.4 is 0 Å². The fourth-order valence-electron chi connectivity index (χ4n) is 2.05. The second-order valence-electron chi connectivity index (χ2n) is 5.01. The van der Waals surface area contributed by atoms with Gasteiger partial charge in [-0.05, 0) is 37.0 Å². The van der Waals surface area contributed by atoms with Crippen molar-refractivity contribution in [3.8, 4) is 0 Å². The van der Waals surface area contributed by atoms with Gasteiger partial charge in [-0.25, -0.2) is 4.98 Å². The molecule has 2 aromatic rings. The molecule has 0 unspecified atom stereocenters. The van der Waals surface area contributed by atoms with Crippen molar-refractivity contribution < 1.29 is 0 Å². The quantitative estimate of drug-likeness (QED) is 0.814.